The number of nitrogens with one attached hydrogen (secondary N) is 1. The van der Waals surface area contributed by atoms with Crippen LogP contribution < -0.4 is 3.40 Å². The van der Waals surface area contributed by atoms with Crippen molar-refractivity contribution in [3.63, 3.8) is 0 Å². The predicted molar refractivity (Wildman–Crippen MR) is 157 cm³/mol. The van der Waals surface area contributed by atoms with E-state index in [-0.39, 0.29) is 31.1 Å². The number of hydrogen-bond acceptors (Lipinski definition) is 0. The fraction of sp³-hybridized carbons (Fsp3) is 0.556. The number of rotatable bonds is 2. The zero-order valence-corrected chi connectivity index (χ0v) is 28.4. The van der Waals surface area contributed by atoms with Crippen LogP contribution in [0.5, 0.6) is 0 Å². The Morgan fingerprint density at radius 1 is 0.812 bits per heavy atom. The molecule has 0 spiro atoms. The van der Waals surface area contributed by atoms with Crippen molar-refractivity contribution >= 4 is 46.0 Å². The first kappa shape index (κ1) is 30.0. The van der Waals surface area contributed by atoms with Crippen LogP contribution in [-0.4, -0.2) is 11.9 Å². The Labute approximate surface area is 192 Å². The summed E-state index contributed by atoms with van der Waals surface area (Å²) in [6.45, 7) is 17.4. The number of aromatic amines is 1. The summed E-state index contributed by atoms with van der Waals surface area (Å²) in [6, 6.07) is 11.3. The minimum Gasteiger partial charge on any atom is -0.147 e. The third-order valence-corrected chi connectivity index (χ3v) is 123. The molecule has 0 fully saturated rings. The first-order valence-corrected chi connectivity index (χ1v) is 37.6. The van der Waals surface area contributed by atoms with Gasteiger partial charge < -0.3 is 0 Å². The summed E-state index contributed by atoms with van der Waals surface area (Å²) in [5.74, 6) is 0. The van der Waals surface area contributed by atoms with Crippen molar-refractivity contribution in [3.8, 4) is 0 Å². The Bertz CT molecular complexity index is 1530. The van der Waals surface area contributed by atoms with Crippen LogP contribution in [0.25, 0.3) is 10.9 Å². The predicted octanol–water partition coefficient (Wildman–Crippen LogP) is 9.66. The monoisotopic (exact) mass is 577 g/mol. The summed E-state index contributed by atoms with van der Waals surface area (Å²) >= 11 is 0. The largest absolute Gasteiger partial charge is 0.147 e. The molecule has 1 aliphatic carbocycles. The first-order chi connectivity index (χ1) is 12.4. The summed E-state index contributed by atoms with van der Waals surface area (Å²) in [6.07, 6.45) is 8.06. The maximum absolute atomic E-state index is 7.10. The van der Waals surface area contributed by atoms with E-state index in [0.717, 1.165) is 6.42 Å². The average molecular weight is 580 g/mol. The van der Waals surface area contributed by atoms with Crippen LogP contribution in [0.3, 0.4) is 0 Å². The number of hydrogen-bond donors (Lipinski definition) is 1. The molecule has 1 aromatic carbocycles. The maximum Gasteiger partial charge on any atom is -0.147 e. The Kier molecular flexibility index (Phi) is 3.28. The summed E-state index contributed by atoms with van der Waals surface area (Å²) in [7, 11) is -7.10. The van der Waals surface area contributed by atoms with Gasteiger partial charge in [0.05, 0.1) is 0 Å². The zero-order chi connectivity index (χ0) is 23.7. The van der Waals surface area contributed by atoms with Gasteiger partial charge in [0.25, 0.3) is 0 Å². The van der Waals surface area contributed by atoms with E-state index < -0.39 is 8.49 Å². The third-order valence-electron chi connectivity index (χ3n) is 19.5. The quantitative estimate of drug-likeness (QED) is 0.341. The van der Waals surface area contributed by atoms with E-state index in [0.29, 0.717) is 0 Å². The van der Waals surface area contributed by atoms with Crippen LogP contribution in [0.4, 0.5) is 0 Å². The van der Waals surface area contributed by atoms with E-state index >= 15 is 0 Å². The molecule has 186 valence electrons. The Morgan fingerprint density at radius 2 is 1.28 bits per heavy atom. The molecular formula is C27H51Cl2NSiZr. The van der Waals surface area contributed by atoms with Gasteiger partial charge in [-0.05, 0) is 0 Å². The van der Waals surface area contributed by atoms with Gasteiger partial charge in [-0.3, -0.25) is 0 Å². The molecule has 5 heteroatoms. The molecular weight excluding hydrogens is 529 g/mol. The van der Waals surface area contributed by atoms with Crippen LogP contribution >= 0.6 is 24.8 Å². The Hall–Kier alpha value is -0.0800. The molecule has 1 aliphatic rings. The van der Waals surface area contributed by atoms with Crippen molar-refractivity contribution in [2.75, 3.05) is 0 Å². The molecule has 2 aromatic rings. The average Bonchev–Trinajstić information content (AvgIpc) is 3.15. The van der Waals surface area contributed by atoms with Crippen LogP contribution in [0.2, 0.25) is 34.0 Å². The molecule has 3 rings (SSSR count). The summed E-state index contributed by atoms with van der Waals surface area (Å²) in [5, 5.41) is 1.28. The second-order valence-electron chi connectivity index (χ2n) is 25.2. The van der Waals surface area contributed by atoms with Crippen molar-refractivity contribution in [3.05, 3.63) is 51.8 Å². The van der Waals surface area contributed by atoms with Gasteiger partial charge in [0.2, 0.25) is 0 Å². The normalized spacial score (nSPS) is 25.9. The smallest absolute Gasteiger partial charge is 0.147 e. The molecule has 0 radical (unpaired) electrons. The van der Waals surface area contributed by atoms with Crippen molar-refractivity contribution in [1.82, 2.24) is 4.98 Å². The molecule has 0 amide bonds. The van der Waals surface area contributed by atoms with Crippen LogP contribution in [-0.2, 0) is 8.49 Å². The van der Waals surface area contributed by atoms with E-state index in [1.54, 1.807) is 3.28 Å². The van der Waals surface area contributed by atoms with Gasteiger partial charge in [-0.2, -0.15) is 0 Å². The number of allylic oxidation sites excluding steroid dienone is 4. The topological polar surface area (TPSA) is 15.8 Å². The van der Waals surface area contributed by atoms with Gasteiger partial charge in [-0.1, -0.05) is 0 Å². The van der Waals surface area contributed by atoms with Crippen molar-refractivity contribution in [2.24, 2.45) is 0 Å². The maximum atomic E-state index is 4.11. The summed E-state index contributed by atoms with van der Waals surface area (Å²) < 4.78 is 19.0. The van der Waals surface area contributed by atoms with Crippen LogP contribution in [0.15, 0.2) is 51.8 Å². The standard InChI is InChI=1S/C8H6N.C5H5.2C4H9.6CH3.2ClH.H2Si.Zr/c1-2-4-8-7(3-1)5-6-9-8;1-2-4-5-3-1;2*1-4(2)3;;;;;;;;;;/h1-5,9H;1-3H,4H2;2*1-3H3;6*1H3;2*1H;1H2;. The molecule has 1 aromatic heterocycles. The number of fused-ring (bicyclic) bond motifs is 1. The Balaban J connectivity index is 0.00000256. The fourth-order valence-electron chi connectivity index (χ4n) is 7.22. The zero-order valence-electron chi connectivity index (χ0n) is 22.8. The first-order valence-electron chi connectivity index (χ1n) is 12.0. The van der Waals surface area contributed by atoms with Gasteiger partial charge in [0, 0.05) is 0 Å². The molecule has 0 atom stereocenters. The molecule has 1 nitrogen and oxygen atoms in total. The second kappa shape index (κ2) is 3.50. The summed E-state index contributed by atoms with van der Waals surface area (Å²) in [5.41, 5.74) is 1.21. The van der Waals surface area contributed by atoms with Gasteiger partial charge in [-0.25, -0.2) is 0 Å². The molecule has 32 heavy (non-hydrogen) atoms. The number of aromatic nitrogens is 1. The molecule has 0 bridgehead atoms. The number of para-hydroxylation sites is 1. The second-order valence-corrected chi connectivity index (χ2v) is 153. The van der Waals surface area contributed by atoms with Crippen molar-refractivity contribution in [1.29, 1.82) is 0 Å². The van der Waals surface area contributed by atoms with Gasteiger partial charge in [0.15, 0.2) is 0 Å². The van der Waals surface area contributed by atoms with E-state index in [9.17, 15) is 0 Å². The minimum absolute atomic E-state index is 0. The summed E-state index contributed by atoms with van der Waals surface area (Å²) in [4.78, 5) is 4.11. The Morgan fingerprint density at radius 3 is 1.66 bits per heavy atom. The van der Waals surface area contributed by atoms with Crippen molar-refractivity contribution in [2.45, 2.75) is 82.0 Å². The van der Waals surface area contributed by atoms with E-state index in [4.69, 9.17) is 0 Å². The molecule has 0 saturated heterocycles. The van der Waals surface area contributed by atoms with Gasteiger partial charge in [-0.15, -0.1) is 24.8 Å². The minimum atomic E-state index is -7.10. The van der Waals surface area contributed by atoms with Crippen molar-refractivity contribution < 1.29 is 8.49 Å². The molecule has 0 aliphatic heterocycles. The molecule has 1 heterocycles. The van der Waals surface area contributed by atoms with Gasteiger partial charge >= 0.3 is 169 Å². The molecule has 0 saturated carbocycles. The van der Waals surface area contributed by atoms with E-state index in [2.05, 4.69) is 130 Å². The SMILES string of the molecule is C[C](C)(C)[Zr]([CH3])([CH3])([CH3])([CH3])([CH3])([CH3])(=[SiH2])([C]1=CC=CC1)([c]1cc2ccccc2[nH]1)[C](C)(C)C.Cl.Cl. The fourth-order valence-corrected chi connectivity index (χ4v) is 39.1. The van der Waals surface area contributed by atoms with Gasteiger partial charge in [0.1, 0.15) is 0 Å². The molecule has 0 unspecified atom stereocenters. The molecule has 1 N–H and O–H groups in total. The number of benzene rings is 1. The van der Waals surface area contributed by atoms with E-state index in [1.165, 1.54) is 14.3 Å². The van der Waals surface area contributed by atoms with E-state index in [1.807, 2.05) is 0 Å². The van der Waals surface area contributed by atoms with Crippen LogP contribution in [0, 0.1) is 0 Å². The third kappa shape index (κ3) is 1.58. The number of H-pyrrole nitrogens is 1. The number of halogens is 2. The van der Waals surface area contributed by atoms with Crippen LogP contribution in [0.1, 0.15) is 48.0 Å².